The van der Waals surface area contributed by atoms with E-state index in [1.54, 1.807) is 0 Å². The van der Waals surface area contributed by atoms with Crippen LogP contribution in [0, 0.1) is 5.92 Å². The number of hydrogen-bond donors (Lipinski definition) is 1. The number of nitrogens with zero attached hydrogens (tertiary/aromatic N) is 1. The zero-order valence-electron chi connectivity index (χ0n) is 13.2. The van der Waals surface area contributed by atoms with Crippen LogP contribution in [0.5, 0.6) is 0 Å². The molecule has 1 unspecified atom stereocenters. The van der Waals surface area contributed by atoms with Crippen molar-refractivity contribution in [3.05, 3.63) is 29.3 Å². The van der Waals surface area contributed by atoms with E-state index in [2.05, 4.69) is 36.2 Å². The molecule has 3 rings (SSSR count). The third kappa shape index (κ3) is 2.98. The molecule has 3 heteroatoms. The number of hydrogen-bond acceptors (Lipinski definition) is 3. The summed E-state index contributed by atoms with van der Waals surface area (Å²) in [5.74, 6) is 1.11. The molecule has 1 atom stereocenters. The number of benzene rings is 1. The van der Waals surface area contributed by atoms with Crippen LogP contribution in [0.15, 0.2) is 18.2 Å². The van der Waals surface area contributed by atoms with Gasteiger partial charge in [-0.2, -0.15) is 0 Å². The lowest BCUT2D eigenvalue weighted by Gasteiger charge is -2.35. The normalized spacial score (nSPS) is 20.9. The first-order chi connectivity index (χ1) is 10.2. The van der Waals surface area contributed by atoms with Gasteiger partial charge in [-0.05, 0) is 68.5 Å². The van der Waals surface area contributed by atoms with Crippen LogP contribution in [0.4, 0.5) is 5.69 Å². The standard InChI is InChI=1S/C18H26N2O/c1-3-17(20-10-7-13(2)8-11-20)18(21)15-4-5-16-14(12-15)6-9-19-16/h4-5,12-13,17,19H,3,6-11H2,1-2H3. The molecule has 1 fully saturated rings. The second kappa shape index (κ2) is 6.18. The van der Waals surface area contributed by atoms with Crippen molar-refractivity contribution in [1.29, 1.82) is 0 Å². The first-order valence-electron chi connectivity index (χ1n) is 8.34. The highest BCUT2D eigenvalue weighted by molar-refractivity contribution is 6.00. The largest absolute Gasteiger partial charge is 0.384 e. The second-order valence-corrected chi connectivity index (χ2v) is 6.56. The number of ketones is 1. The minimum atomic E-state index is 0.0601. The molecule has 21 heavy (non-hydrogen) atoms. The van der Waals surface area contributed by atoms with Crippen molar-refractivity contribution in [3.8, 4) is 0 Å². The van der Waals surface area contributed by atoms with Gasteiger partial charge in [0.2, 0.25) is 0 Å². The minimum Gasteiger partial charge on any atom is -0.384 e. The van der Waals surface area contributed by atoms with Crippen LogP contribution in [0.3, 0.4) is 0 Å². The zero-order valence-corrected chi connectivity index (χ0v) is 13.2. The maximum Gasteiger partial charge on any atom is 0.179 e. The Balaban J connectivity index is 1.76. The molecule has 2 aliphatic heterocycles. The van der Waals surface area contributed by atoms with Crippen LogP contribution in [-0.4, -0.2) is 36.4 Å². The zero-order chi connectivity index (χ0) is 14.8. The third-order valence-corrected chi connectivity index (χ3v) is 5.05. The lowest BCUT2D eigenvalue weighted by molar-refractivity contribution is 0.0743. The maximum absolute atomic E-state index is 12.9. The molecule has 1 N–H and O–H groups in total. The predicted octanol–water partition coefficient (Wildman–Crippen LogP) is 3.35. The summed E-state index contributed by atoms with van der Waals surface area (Å²) in [4.78, 5) is 15.3. The molecular weight excluding hydrogens is 260 g/mol. The number of fused-ring (bicyclic) bond motifs is 1. The molecular formula is C18H26N2O. The molecule has 3 nitrogen and oxygen atoms in total. The van der Waals surface area contributed by atoms with E-state index >= 15 is 0 Å². The summed E-state index contributed by atoms with van der Waals surface area (Å²) in [6.45, 7) is 7.58. The highest BCUT2D eigenvalue weighted by Gasteiger charge is 2.28. The van der Waals surface area contributed by atoms with Crippen LogP contribution >= 0.6 is 0 Å². The monoisotopic (exact) mass is 286 g/mol. The number of carbonyl (C=O) groups excluding carboxylic acids is 1. The van der Waals surface area contributed by atoms with Crippen molar-refractivity contribution in [1.82, 2.24) is 4.90 Å². The number of likely N-dealkylation sites (tertiary alicyclic amines) is 1. The molecule has 2 heterocycles. The van der Waals surface area contributed by atoms with Crippen molar-refractivity contribution in [3.63, 3.8) is 0 Å². The first kappa shape index (κ1) is 14.6. The van der Waals surface area contributed by atoms with Gasteiger partial charge in [0, 0.05) is 17.8 Å². The van der Waals surface area contributed by atoms with Gasteiger partial charge in [0.15, 0.2) is 5.78 Å². The molecule has 0 aromatic heterocycles. The summed E-state index contributed by atoms with van der Waals surface area (Å²) in [6, 6.07) is 6.23. The molecule has 1 aromatic carbocycles. The summed E-state index contributed by atoms with van der Waals surface area (Å²) in [5, 5.41) is 3.36. The van der Waals surface area contributed by atoms with E-state index in [4.69, 9.17) is 0 Å². The quantitative estimate of drug-likeness (QED) is 0.862. The summed E-state index contributed by atoms with van der Waals surface area (Å²) < 4.78 is 0. The topological polar surface area (TPSA) is 32.3 Å². The summed E-state index contributed by atoms with van der Waals surface area (Å²) in [7, 11) is 0. The average Bonchev–Trinajstić information content (AvgIpc) is 2.97. The molecule has 1 saturated heterocycles. The van der Waals surface area contributed by atoms with Crippen LogP contribution in [-0.2, 0) is 6.42 Å². The van der Waals surface area contributed by atoms with Crippen LogP contribution < -0.4 is 5.32 Å². The summed E-state index contributed by atoms with van der Waals surface area (Å²) in [5.41, 5.74) is 3.39. The fourth-order valence-electron chi connectivity index (χ4n) is 3.60. The summed E-state index contributed by atoms with van der Waals surface area (Å²) in [6.07, 6.45) is 4.38. The van der Waals surface area contributed by atoms with E-state index in [9.17, 15) is 4.79 Å². The molecule has 1 aromatic rings. The Kier molecular flexibility index (Phi) is 4.29. The second-order valence-electron chi connectivity index (χ2n) is 6.56. The van der Waals surface area contributed by atoms with Crippen molar-refractivity contribution in [2.75, 3.05) is 25.0 Å². The van der Waals surface area contributed by atoms with E-state index in [1.807, 2.05) is 6.07 Å². The first-order valence-corrected chi connectivity index (χ1v) is 8.34. The smallest absolute Gasteiger partial charge is 0.179 e. The van der Waals surface area contributed by atoms with Gasteiger partial charge in [-0.3, -0.25) is 9.69 Å². The number of piperidine rings is 1. The molecule has 0 amide bonds. The van der Waals surface area contributed by atoms with Gasteiger partial charge in [0.25, 0.3) is 0 Å². The lowest BCUT2D eigenvalue weighted by Crippen LogP contribution is -2.45. The molecule has 0 bridgehead atoms. The molecule has 0 saturated carbocycles. The SMILES string of the molecule is CCC(C(=O)c1ccc2c(c1)CCN2)N1CCC(C)CC1. The van der Waals surface area contributed by atoms with Gasteiger partial charge in [-0.1, -0.05) is 13.8 Å². The number of Topliss-reactive ketones (excluding diaryl/α,β-unsaturated/α-hetero) is 1. The van der Waals surface area contributed by atoms with E-state index in [-0.39, 0.29) is 6.04 Å². The fourth-order valence-corrected chi connectivity index (χ4v) is 3.60. The van der Waals surface area contributed by atoms with Gasteiger partial charge >= 0.3 is 0 Å². The van der Waals surface area contributed by atoms with Crippen molar-refractivity contribution in [2.24, 2.45) is 5.92 Å². The van der Waals surface area contributed by atoms with Crippen molar-refractivity contribution in [2.45, 2.75) is 45.6 Å². The van der Waals surface area contributed by atoms with Crippen LogP contribution in [0.2, 0.25) is 0 Å². The minimum absolute atomic E-state index is 0.0601. The molecule has 0 radical (unpaired) electrons. The third-order valence-electron chi connectivity index (χ3n) is 5.05. The molecule has 0 aliphatic carbocycles. The Morgan fingerprint density at radius 3 is 2.86 bits per heavy atom. The van der Waals surface area contributed by atoms with Crippen LogP contribution in [0.1, 0.15) is 49.0 Å². The van der Waals surface area contributed by atoms with Gasteiger partial charge in [-0.25, -0.2) is 0 Å². The Hall–Kier alpha value is -1.35. The van der Waals surface area contributed by atoms with Gasteiger partial charge in [0.1, 0.15) is 0 Å². The number of rotatable bonds is 4. The van der Waals surface area contributed by atoms with E-state index < -0.39 is 0 Å². The highest BCUT2D eigenvalue weighted by Crippen LogP contribution is 2.26. The Bertz CT molecular complexity index is 518. The number of anilines is 1. The highest BCUT2D eigenvalue weighted by atomic mass is 16.1. The van der Waals surface area contributed by atoms with Crippen molar-refractivity contribution < 1.29 is 4.79 Å². The fraction of sp³-hybridized carbons (Fsp3) is 0.611. The van der Waals surface area contributed by atoms with E-state index in [0.717, 1.165) is 44.0 Å². The summed E-state index contributed by atoms with van der Waals surface area (Å²) >= 11 is 0. The number of carbonyl (C=O) groups is 1. The van der Waals surface area contributed by atoms with E-state index in [0.29, 0.717) is 5.78 Å². The molecule has 114 valence electrons. The van der Waals surface area contributed by atoms with Gasteiger partial charge < -0.3 is 5.32 Å². The van der Waals surface area contributed by atoms with E-state index in [1.165, 1.54) is 24.1 Å². The Labute approximate surface area is 127 Å². The lowest BCUT2D eigenvalue weighted by atomic mass is 9.93. The Morgan fingerprint density at radius 1 is 1.38 bits per heavy atom. The molecule has 2 aliphatic rings. The van der Waals surface area contributed by atoms with Gasteiger partial charge in [0.05, 0.1) is 6.04 Å². The van der Waals surface area contributed by atoms with Crippen LogP contribution in [0.25, 0.3) is 0 Å². The maximum atomic E-state index is 12.9. The predicted molar refractivity (Wildman–Crippen MR) is 87.0 cm³/mol. The van der Waals surface area contributed by atoms with Crippen molar-refractivity contribution >= 4 is 11.5 Å². The molecule has 0 spiro atoms. The Morgan fingerprint density at radius 2 is 2.14 bits per heavy atom. The average molecular weight is 286 g/mol. The number of nitrogens with one attached hydrogen (secondary N) is 1. The van der Waals surface area contributed by atoms with Gasteiger partial charge in [-0.15, -0.1) is 0 Å².